The van der Waals surface area contributed by atoms with Crippen LogP contribution in [0.3, 0.4) is 0 Å². The number of aliphatic hydroxyl groups is 1. The highest BCUT2D eigenvalue weighted by Crippen LogP contribution is 2.42. The van der Waals surface area contributed by atoms with Gasteiger partial charge in [-0.1, -0.05) is 20.3 Å². The zero-order valence-electron chi connectivity index (χ0n) is 70.2. The van der Waals surface area contributed by atoms with Crippen LogP contribution in [0.5, 0.6) is 0 Å². The molecule has 598 valence electrons. The molecule has 15 saturated heterocycles. The Morgan fingerprint density at radius 1 is 0.275 bits per heavy atom. The van der Waals surface area contributed by atoms with E-state index < -0.39 is 0 Å². The van der Waals surface area contributed by atoms with Gasteiger partial charge in [-0.15, -0.1) is 0 Å². The summed E-state index contributed by atoms with van der Waals surface area (Å²) < 4.78 is 39.2. The molecule has 14 atom stereocenters. The third-order valence-electron chi connectivity index (χ3n) is 25.3. The molecule has 0 aromatic rings. The van der Waals surface area contributed by atoms with Crippen molar-refractivity contribution in [2.75, 3.05) is 126 Å². The molecule has 15 aliphatic heterocycles. The molecule has 0 aromatic carbocycles. The number of likely N-dealkylation sites (tertiary alicyclic amines) is 3. The van der Waals surface area contributed by atoms with Gasteiger partial charge in [-0.25, -0.2) is 0 Å². The van der Waals surface area contributed by atoms with Crippen molar-refractivity contribution in [3.63, 3.8) is 0 Å². The van der Waals surface area contributed by atoms with E-state index in [4.69, 9.17) is 33.2 Å². The SMILES string of the molecule is C.CC(C)(C)N1C2CCC1CC(O)C2.CC(C)(C)N1C2CCC1COC2.CC(C)(C)N1C2CCCC1COC2.CC(C)(C)N1C2COCC1COC2.CC(C)(C)N1CC2CC1CO2.CC(C)(C)N1CC2CCC(C1)O2.CC(C)(C)N1CC2CCCC(C2)C1.CN1CC2COCC(C1)N2C(C)(C)C. The zero-order chi connectivity index (χ0) is 74.0. The fourth-order valence-corrected chi connectivity index (χ4v) is 21.7. The molecule has 15 heterocycles. The maximum Gasteiger partial charge on any atom is 0.0718 e. The van der Waals surface area contributed by atoms with Crippen LogP contribution in [0.4, 0.5) is 0 Å². The highest BCUT2D eigenvalue weighted by Gasteiger charge is 2.49. The molecule has 1 aliphatic carbocycles. The van der Waals surface area contributed by atoms with Crippen molar-refractivity contribution in [3.05, 3.63) is 0 Å². The van der Waals surface area contributed by atoms with Crippen molar-refractivity contribution >= 4 is 0 Å². The highest BCUT2D eigenvalue weighted by atomic mass is 16.5. The minimum Gasteiger partial charge on any atom is -0.393 e. The van der Waals surface area contributed by atoms with Gasteiger partial charge in [0.2, 0.25) is 0 Å². The number of piperazine rings is 1. The number of piperidine rings is 3. The van der Waals surface area contributed by atoms with Crippen LogP contribution in [-0.2, 0) is 33.2 Å². The number of hydrogen-bond acceptors (Lipinski definition) is 17. The monoisotopic (exact) mass is 1440 g/mol. The number of hydrogen-bond donors (Lipinski definition) is 1. The van der Waals surface area contributed by atoms with Gasteiger partial charge in [0.1, 0.15) is 0 Å². The van der Waals surface area contributed by atoms with E-state index in [-0.39, 0.29) is 30.1 Å². The second-order valence-electron chi connectivity index (χ2n) is 42.2. The van der Waals surface area contributed by atoms with Crippen LogP contribution < -0.4 is 0 Å². The van der Waals surface area contributed by atoms with E-state index >= 15 is 0 Å². The number of morpholine rings is 7. The van der Waals surface area contributed by atoms with Gasteiger partial charge in [-0.05, 0) is 275 Å². The van der Waals surface area contributed by atoms with E-state index in [1.807, 2.05) is 0 Å². The Hall–Kier alpha value is -0.680. The van der Waals surface area contributed by atoms with Gasteiger partial charge in [0.05, 0.1) is 109 Å². The Labute approximate surface area is 628 Å². The van der Waals surface area contributed by atoms with Crippen LogP contribution in [0.1, 0.15) is 276 Å². The minimum absolute atomic E-state index is 0. The van der Waals surface area contributed by atoms with E-state index in [9.17, 15) is 5.11 Å². The number of ether oxygens (including phenoxy) is 7. The third-order valence-corrected chi connectivity index (χ3v) is 25.3. The first-order valence-electron chi connectivity index (χ1n) is 41.6. The third kappa shape index (κ3) is 23.7. The lowest BCUT2D eigenvalue weighted by Crippen LogP contribution is -2.68. The van der Waals surface area contributed by atoms with Gasteiger partial charge >= 0.3 is 0 Å². The summed E-state index contributed by atoms with van der Waals surface area (Å²) in [5.41, 5.74) is 2.51. The predicted molar refractivity (Wildman–Crippen MR) is 422 cm³/mol. The molecule has 1 N–H and O–H groups in total. The number of nitrogens with zero attached hydrogens (tertiary/aromatic N) is 9. The molecule has 16 bridgehead atoms. The Morgan fingerprint density at radius 3 is 0.922 bits per heavy atom. The first-order chi connectivity index (χ1) is 46.9. The summed E-state index contributed by atoms with van der Waals surface area (Å²) in [4.78, 5) is 23.4. The summed E-state index contributed by atoms with van der Waals surface area (Å²) in [7, 11) is 2.21. The van der Waals surface area contributed by atoms with Crippen molar-refractivity contribution < 1.29 is 38.3 Å². The second kappa shape index (κ2) is 35.8. The molecule has 16 rings (SSSR count). The molecule has 17 heteroatoms. The molecule has 102 heavy (non-hydrogen) atoms. The molecule has 1 saturated carbocycles. The fraction of sp³-hybridized carbons (Fsp3) is 1.00. The minimum atomic E-state index is -0.0314. The van der Waals surface area contributed by atoms with Crippen LogP contribution in [0.15, 0.2) is 0 Å². The number of likely N-dealkylation sites (N-methyl/N-ethyl adjacent to an activating group) is 1. The Morgan fingerprint density at radius 2 is 0.598 bits per heavy atom. The maximum absolute atomic E-state index is 9.65. The molecule has 16 aliphatic rings. The molecule has 0 amide bonds. The Bertz CT molecular complexity index is 2320. The van der Waals surface area contributed by atoms with E-state index in [1.165, 1.54) is 103 Å². The van der Waals surface area contributed by atoms with E-state index in [0.29, 0.717) is 112 Å². The number of fused-ring (bicyclic) bond motifs is 16. The zero-order valence-corrected chi connectivity index (χ0v) is 70.2. The van der Waals surface area contributed by atoms with Crippen molar-refractivity contribution in [2.45, 2.75) is 412 Å². The highest BCUT2D eigenvalue weighted by molar-refractivity contribution is 5.03. The lowest BCUT2D eigenvalue weighted by atomic mass is 9.77. The first-order valence-corrected chi connectivity index (χ1v) is 41.6. The summed E-state index contributed by atoms with van der Waals surface area (Å²) >= 11 is 0. The number of rotatable bonds is 0. The molecule has 16 fully saturated rings. The first kappa shape index (κ1) is 86.9. The largest absolute Gasteiger partial charge is 0.393 e. The molecule has 0 aromatic heterocycles. The lowest BCUT2D eigenvalue weighted by molar-refractivity contribution is -0.166. The van der Waals surface area contributed by atoms with Crippen molar-refractivity contribution in [1.29, 1.82) is 0 Å². The summed E-state index contributed by atoms with van der Waals surface area (Å²) in [6.07, 6.45) is 22.7. The van der Waals surface area contributed by atoms with Gasteiger partial charge in [0.15, 0.2) is 0 Å². The smallest absolute Gasteiger partial charge is 0.0718 e. The van der Waals surface area contributed by atoms with E-state index in [1.54, 1.807) is 0 Å². The average molecular weight is 1440 g/mol. The van der Waals surface area contributed by atoms with Crippen LogP contribution in [0, 0.1) is 11.8 Å². The van der Waals surface area contributed by atoms with Crippen molar-refractivity contribution in [1.82, 2.24) is 44.1 Å². The standard InChI is InChI=1S/C12H23N.C11H22N2O.2C11H21NO.C10H19NO2.2C10H19NO.C9H17NO.CH4/c1-12(2,3)13-8-10-5-4-6-11(7-10)9-13;1-11(2,3)13-9-5-12(4)6-10(13)8-14-7-9;1-11(2,3)12-8-4-5-9(12)7-10(13)6-8;1-11(2,3)12-9-5-4-6-10(12)8-13-7-9;1-10(2,3)11-8-4-12-6-9(11)7-13-5-8;1-10(2,3)11-8-4-5-9(11)7-12-6-8;1-10(2,3)11-6-8-4-5-9(7-11)12-8;1-9(2,3)10-5-8-4-7(10)6-11-8;/h10-11H,4-9H2,1-3H3;9-10H,5-8H2,1-4H3;8-10,13H,4-7H2,1-3H3;9-10H,4-8H2,1-3H3;8-9H,4-7H2,1-3H3;2*8-9H,4-7H2,1-3H3;7-8H,4-6H2,1-3H3;1H4. The average Bonchev–Trinajstić information content (AvgIpc) is 1.49. The molecule has 17 nitrogen and oxygen atoms in total. The molecule has 14 unspecified atom stereocenters. The van der Waals surface area contributed by atoms with Crippen LogP contribution in [0.25, 0.3) is 0 Å². The van der Waals surface area contributed by atoms with Gasteiger partial charge in [-0.3, -0.25) is 39.2 Å². The van der Waals surface area contributed by atoms with Crippen LogP contribution in [0.2, 0.25) is 0 Å². The summed E-state index contributed by atoms with van der Waals surface area (Å²) in [5.74, 6) is 2.04. The van der Waals surface area contributed by atoms with Gasteiger partial charge < -0.3 is 43.2 Å². The van der Waals surface area contributed by atoms with E-state index in [2.05, 4.69) is 217 Å². The van der Waals surface area contributed by atoms with Crippen molar-refractivity contribution in [3.8, 4) is 0 Å². The van der Waals surface area contributed by atoms with E-state index in [0.717, 1.165) is 130 Å². The fourth-order valence-electron chi connectivity index (χ4n) is 21.7. The summed E-state index contributed by atoms with van der Waals surface area (Å²) in [6.45, 7) is 73.6. The second-order valence-corrected chi connectivity index (χ2v) is 42.2. The van der Waals surface area contributed by atoms with Gasteiger partial charge in [0, 0.05) is 145 Å². The Kier molecular flexibility index (Phi) is 30.5. The molecule has 0 spiro atoms. The van der Waals surface area contributed by atoms with Crippen LogP contribution >= 0.6 is 0 Å². The molecular formula is C85H165N9O8. The molecule has 0 radical (unpaired) electrons. The lowest BCUT2D eigenvalue weighted by Gasteiger charge is -2.54. The van der Waals surface area contributed by atoms with Crippen LogP contribution in [-0.4, -0.2) is 310 Å². The van der Waals surface area contributed by atoms with Gasteiger partial charge in [-0.2, -0.15) is 0 Å². The number of aliphatic hydroxyl groups excluding tert-OH is 1. The maximum atomic E-state index is 9.65. The normalized spacial score (nSPS) is 36.9. The topological polar surface area (TPSA) is 114 Å². The summed E-state index contributed by atoms with van der Waals surface area (Å²) in [5, 5.41) is 9.65. The molecular weight excluding hydrogens is 1270 g/mol. The Balaban J connectivity index is 0.000000148. The quantitative estimate of drug-likeness (QED) is 0.248. The van der Waals surface area contributed by atoms with Gasteiger partial charge in [0.25, 0.3) is 0 Å². The summed E-state index contributed by atoms with van der Waals surface area (Å²) in [6, 6.07) is 6.88. The predicted octanol–water partition coefficient (Wildman–Crippen LogP) is 13.6. The van der Waals surface area contributed by atoms with Crippen molar-refractivity contribution in [2.24, 2.45) is 11.8 Å².